The van der Waals surface area contributed by atoms with Crippen LogP contribution >= 0.6 is 0 Å². The maximum atomic E-state index is 5.86. The lowest BCUT2D eigenvalue weighted by Crippen LogP contribution is -2.03. The van der Waals surface area contributed by atoms with Crippen LogP contribution in [0.15, 0.2) is 48.5 Å². The van der Waals surface area contributed by atoms with Crippen molar-refractivity contribution in [2.75, 3.05) is 6.61 Å². The van der Waals surface area contributed by atoms with Gasteiger partial charge in [0.1, 0.15) is 5.75 Å². The summed E-state index contributed by atoms with van der Waals surface area (Å²) in [5, 5.41) is 0. The van der Waals surface area contributed by atoms with Crippen LogP contribution in [0.5, 0.6) is 5.75 Å². The van der Waals surface area contributed by atoms with E-state index in [0.29, 0.717) is 13.2 Å². The molecule has 19 heavy (non-hydrogen) atoms. The molecule has 0 amide bonds. The number of benzene rings is 2. The van der Waals surface area contributed by atoms with Crippen molar-refractivity contribution in [2.24, 2.45) is 5.73 Å². The highest BCUT2D eigenvalue weighted by molar-refractivity contribution is 5.33. The maximum Gasteiger partial charge on any atom is 0.122 e. The molecule has 2 nitrogen and oxygen atoms in total. The molecule has 2 rings (SSSR count). The van der Waals surface area contributed by atoms with Crippen LogP contribution < -0.4 is 10.5 Å². The summed E-state index contributed by atoms with van der Waals surface area (Å²) in [5.74, 6) is 1.00. The zero-order chi connectivity index (χ0) is 13.5. The molecule has 2 N–H and O–H groups in total. The van der Waals surface area contributed by atoms with Crippen molar-refractivity contribution in [3.8, 4) is 5.75 Å². The van der Waals surface area contributed by atoms with Gasteiger partial charge in [-0.15, -0.1) is 0 Å². The molecule has 0 atom stereocenters. The first-order valence-electron chi connectivity index (χ1n) is 6.82. The SMILES string of the molecule is CCc1ccccc1OCCc1ccc(CN)cc1. The summed E-state index contributed by atoms with van der Waals surface area (Å²) >= 11 is 0. The van der Waals surface area contributed by atoms with E-state index in [1.54, 1.807) is 0 Å². The fraction of sp³-hybridized carbons (Fsp3) is 0.294. The minimum absolute atomic E-state index is 0.598. The van der Waals surface area contributed by atoms with Crippen molar-refractivity contribution in [2.45, 2.75) is 26.3 Å². The second-order valence-electron chi connectivity index (χ2n) is 4.58. The number of nitrogens with two attached hydrogens (primary N) is 1. The van der Waals surface area contributed by atoms with Crippen LogP contribution in [0.25, 0.3) is 0 Å². The van der Waals surface area contributed by atoms with Crippen molar-refractivity contribution in [3.63, 3.8) is 0 Å². The Morgan fingerprint density at radius 3 is 2.32 bits per heavy atom. The number of rotatable bonds is 6. The quantitative estimate of drug-likeness (QED) is 0.859. The summed E-state index contributed by atoms with van der Waals surface area (Å²) in [7, 11) is 0. The molecule has 0 saturated heterocycles. The Kier molecular flexibility index (Phi) is 4.99. The molecule has 0 aliphatic carbocycles. The fourth-order valence-electron chi connectivity index (χ4n) is 2.06. The summed E-state index contributed by atoms with van der Waals surface area (Å²) in [6.07, 6.45) is 1.92. The number of para-hydroxylation sites is 1. The summed E-state index contributed by atoms with van der Waals surface area (Å²) in [5.41, 5.74) is 9.30. The lowest BCUT2D eigenvalue weighted by Gasteiger charge is -2.10. The molecule has 0 spiro atoms. The third-order valence-electron chi connectivity index (χ3n) is 3.26. The van der Waals surface area contributed by atoms with E-state index in [-0.39, 0.29) is 0 Å². The predicted molar refractivity (Wildman–Crippen MR) is 79.4 cm³/mol. The third kappa shape index (κ3) is 3.83. The lowest BCUT2D eigenvalue weighted by atomic mass is 10.1. The van der Waals surface area contributed by atoms with Gasteiger partial charge in [0.05, 0.1) is 6.61 Å². The second kappa shape index (κ2) is 6.95. The molecule has 0 heterocycles. The lowest BCUT2D eigenvalue weighted by molar-refractivity contribution is 0.319. The van der Waals surface area contributed by atoms with E-state index in [2.05, 4.69) is 43.3 Å². The first-order valence-corrected chi connectivity index (χ1v) is 6.82. The van der Waals surface area contributed by atoms with Gasteiger partial charge in [-0.3, -0.25) is 0 Å². The Balaban J connectivity index is 1.88. The van der Waals surface area contributed by atoms with E-state index in [4.69, 9.17) is 10.5 Å². The van der Waals surface area contributed by atoms with E-state index in [1.807, 2.05) is 12.1 Å². The van der Waals surface area contributed by atoms with Crippen molar-refractivity contribution >= 4 is 0 Å². The molecule has 0 aliphatic rings. The van der Waals surface area contributed by atoms with Crippen molar-refractivity contribution in [1.82, 2.24) is 0 Å². The Morgan fingerprint density at radius 1 is 0.947 bits per heavy atom. The fourth-order valence-corrected chi connectivity index (χ4v) is 2.06. The van der Waals surface area contributed by atoms with Crippen molar-refractivity contribution in [1.29, 1.82) is 0 Å². The standard InChI is InChI=1S/C17H21NO/c1-2-16-5-3-4-6-17(16)19-12-11-14-7-9-15(13-18)10-8-14/h3-10H,2,11-13,18H2,1H3. The summed E-state index contributed by atoms with van der Waals surface area (Å²) in [6.45, 7) is 3.45. The number of hydrogen-bond donors (Lipinski definition) is 1. The maximum absolute atomic E-state index is 5.86. The minimum atomic E-state index is 0.598. The van der Waals surface area contributed by atoms with Crippen LogP contribution in [0.4, 0.5) is 0 Å². The molecule has 0 radical (unpaired) electrons. The van der Waals surface area contributed by atoms with Gasteiger partial charge in [0.2, 0.25) is 0 Å². The average Bonchev–Trinajstić information content (AvgIpc) is 2.48. The minimum Gasteiger partial charge on any atom is -0.493 e. The van der Waals surface area contributed by atoms with Gasteiger partial charge >= 0.3 is 0 Å². The number of aryl methyl sites for hydroxylation is 1. The molecule has 0 aromatic heterocycles. The molecule has 0 aliphatic heterocycles. The van der Waals surface area contributed by atoms with Crippen LogP contribution in [0.1, 0.15) is 23.6 Å². The Labute approximate surface area is 115 Å². The van der Waals surface area contributed by atoms with Gasteiger partial charge in [-0.1, -0.05) is 49.4 Å². The Bertz CT molecular complexity index is 505. The molecule has 2 heteroatoms. The first kappa shape index (κ1) is 13.6. The van der Waals surface area contributed by atoms with E-state index in [9.17, 15) is 0 Å². The molecular formula is C17H21NO. The van der Waals surface area contributed by atoms with Gasteiger partial charge in [0.15, 0.2) is 0 Å². The van der Waals surface area contributed by atoms with Gasteiger partial charge in [0, 0.05) is 13.0 Å². The highest BCUT2D eigenvalue weighted by Gasteiger charge is 2.00. The van der Waals surface area contributed by atoms with E-state index in [1.165, 1.54) is 16.7 Å². The third-order valence-corrected chi connectivity index (χ3v) is 3.26. The molecule has 2 aromatic rings. The normalized spacial score (nSPS) is 10.4. The van der Waals surface area contributed by atoms with Gasteiger partial charge in [-0.25, -0.2) is 0 Å². The molecule has 0 bridgehead atoms. The number of hydrogen-bond acceptors (Lipinski definition) is 2. The smallest absolute Gasteiger partial charge is 0.122 e. The van der Waals surface area contributed by atoms with Crippen LogP contribution in [0.2, 0.25) is 0 Å². The zero-order valence-corrected chi connectivity index (χ0v) is 11.4. The Morgan fingerprint density at radius 2 is 1.63 bits per heavy atom. The number of ether oxygens (including phenoxy) is 1. The van der Waals surface area contributed by atoms with Crippen LogP contribution in [-0.2, 0) is 19.4 Å². The van der Waals surface area contributed by atoms with E-state index in [0.717, 1.165) is 18.6 Å². The topological polar surface area (TPSA) is 35.2 Å². The van der Waals surface area contributed by atoms with Gasteiger partial charge < -0.3 is 10.5 Å². The van der Waals surface area contributed by atoms with E-state index >= 15 is 0 Å². The molecule has 100 valence electrons. The van der Waals surface area contributed by atoms with Crippen LogP contribution in [0, 0.1) is 0 Å². The summed E-state index contributed by atoms with van der Waals surface area (Å²) < 4.78 is 5.86. The van der Waals surface area contributed by atoms with Gasteiger partial charge in [-0.05, 0) is 29.2 Å². The largest absolute Gasteiger partial charge is 0.493 e. The van der Waals surface area contributed by atoms with Gasteiger partial charge in [0.25, 0.3) is 0 Å². The van der Waals surface area contributed by atoms with Gasteiger partial charge in [-0.2, -0.15) is 0 Å². The summed E-state index contributed by atoms with van der Waals surface area (Å²) in [4.78, 5) is 0. The Hall–Kier alpha value is -1.80. The second-order valence-corrected chi connectivity index (χ2v) is 4.58. The van der Waals surface area contributed by atoms with Crippen LogP contribution in [-0.4, -0.2) is 6.61 Å². The molecule has 2 aromatic carbocycles. The monoisotopic (exact) mass is 255 g/mol. The van der Waals surface area contributed by atoms with E-state index < -0.39 is 0 Å². The molecule has 0 unspecified atom stereocenters. The highest BCUT2D eigenvalue weighted by Crippen LogP contribution is 2.18. The molecular weight excluding hydrogens is 234 g/mol. The summed E-state index contributed by atoms with van der Waals surface area (Å²) in [6, 6.07) is 16.6. The van der Waals surface area contributed by atoms with Crippen LogP contribution in [0.3, 0.4) is 0 Å². The zero-order valence-electron chi connectivity index (χ0n) is 11.4. The molecule has 0 fully saturated rings. The van der Waals surface area contributed by atoms with Crippen molar-refractivity contribution < 1.29 is 4.74 Å². The average molecular weight is 255 g/mol. The molecule has 0 saturated carbocycles. The first-order chi connectivity index (χ1) is 9.33. The highest BCUT2D eigenvalue weighted by atomic mass is 16.5. The van der Waals surface area contributed by atoms with Crippen molar-refractivity contribution in [3.05, 3.63) is 65.2 Å². The predicted octanol–water partition coefficient (Wildman–Crippen LogP) is 3.33.